The number of ether oxygens (including phenoxy) is 1. The van der Waals surface area contributed by atoms with Crippen molar-refractivity contribution in [2.75, 3.05) is 0 Å². The van der Waals surface area contributed by atoms with E-state index in [0.29, 0.717) is 0 Å². The van der Waals surface area contributed by atoms with Crippen LogP contribution in [0.1, 0.15) is 36.6 Å². The summed E-state index contributed by atoms with van der Waals surface area (Å²) >= 11 is 0. The van der Waals surface area contributed by atoms with Crippen LogP contribution in [0.5, 0.6) is 5.75 Å². The van der Waals surface area contributed by atoms with E-state index in [1.54, 1.807) is 12.4 Å². The van der Waals surface area contributed by atoms with E-state index in [2.05, 4.69) is 4.98 Å². The Morgan fingerprint density at radius 3 is 2.68 bits per heavy atom. The van der Waals surface area contributed by atoms with Gasteiger partial charge in [0.25, 0.3) is 0 Å². The molecule has 0 aliphatic heterocycles. The van der Waals surface area contributed by atoms with Crippen molar-refractivity contribution in [3.8, 4) is 5.75 Å². The first-order valence-electron chi connectivity index (χ1n) is 6.43. The van der Waals surface area contributed by atoms with Crippen LogP contribution < -0.4 is 4.74 Å². The number of aliphatic hydroxyl groups is 1. The summed E-state index contributed by atoms with van der Waals surface area (Å²) < 4.78 is 5.64. The molecule has 1 aromatic carbocycles. The zero-order valence-electron chi connectivity index (χ0n) is 11.5. The van der Waals surface area contributed by atoms with E-state index in [9.17, 15) is 5.11 Å². The summed E-state index contributed by atoms with van der Waals surface area (Å²) in [4.78, 5) is 4.07. The molecule has 0 saturated heterocycles. The van der Waals surface area contributed by atoms with Gasteiger partial charge >= 0.3 is 0 Å². The third-order valence-electron chi connectivity index (χ3n) is 2.92. The number of hydrogen-bond acceptors (Lipinski definition) is 3. The average Bonchev–Trinajstić information content (AvgIpc) is 2.38. The molecule has 1 atom stereocenters. The summed E-state index contributed by atoms with van der Waals surface area (Å²) in [6.07, 6.45) is 2.87. The van der Waals surface area contributed by atoms with Gasteiger partial charge in [0.05, 0.1) is 6.10 Å². The van der Waals surface area contributed by atoms with Crippen molar-refractivity contribution in [1.82, 2.24) is 4.98 Å². The Bertz CT molecular complexity index is 552. The van der Waals surface area contributed by atoms with Gasteiger partial charge in [0.1, 0.15) is 11.9 Å². The van der Waals surface area contributed by atoms with Crippen LogP contribution in [0.15, 0.2) is 42.7 Å². The molecule has 0 radical (unpaired) electrons. The molecule has 0 amide bonds. The molecule has 3 nitrogen and oxygen atoms in total. The van der Waals surface area contributed by atoms with Crippen LogP contribution >= 0.6 is 0 Å². The van der Waals surface area contributed by atoms with Crippen molar-refractivity contribution < 1.29 is 9.84 Å². The molecule has 1 aromatic heterocycles. The molecule has 100 valence electrons. The summed E-state index contributed by atoms with van der Waals surface area (Å²) in [5, 5.41) is 10.4. The number of aryl methyl sites for hydroxylation is 1. The van der Waals surface area contributed by atoms with Crippen LogP contribution in [-0.2, 0) is 0 Å². The highest BCUT2D eigenvalue weighted by atomic mass is 16.5. The molecule has 19 heavy (non-hydrogen) atoms. The molecule has 0 spiro atoms. The molecular weight excluding hydrogens is 238 g/mol. The molecule has 0 fully saturated rings. The van der Waals surface area contributed by atoms with Gasteiger partial charge < -0.3 is 9.84 Å². The van der Waals surface area contributed by atoms with Crippen LogP contribution in [0.2, 0.25) is 0 Å². The van der Waals surface area contributed by atoms with Gasteiger partial charge in [0, 0.05) is 18.0 Å². The molecule has 3 heteroatoms. The van der Waals surface area contributed by atoms with Gasteiger partial charge in [-0.2, -0.15) is 0 Å². The maximum Gasteiger partial charge on any atom is 0.120 e. The Balaban J connectivity index is 2.29. The monoisotopic (exact) mass is 257 g/mol. The van der Waals surface area contributed by atoms with Crippen LogP contribution in [0.3, 0.4) is 0 Å². The van der Waals surface area contributed by atoms with E-state index >= 15 is 0 Å². The number of aromatic nitrogens is 1. The lowest BCUT2D eigenvalue weighted by Gasteiger charge is -2.16. The third kappa shape index (κ3) is 3.32. The van der Waals surface area contributed by atoms with Crippen molar-refractivity contribution in [2.24, 2.45) is 0 Å². The van der Waals surface area contributed by atoms with E-state index in [4.69, 9.17) is 4.74 Å². The minimum atomic E-state index is -0.676. The molecule has 1 unspecified atom stereocenters. The Kier molecular flexibility index (Phi) is 4.17. The number of nitrogens with zero attached hydrogens (tertiary/aromatic N) is 1. The minimum absolute atomic E-state index is 0.118. The van der Waals surface area contributed by atoms with Gasteiger partial charge in [-0.3, -0.25) is 4.98 Å². The zero-order chi connectivity index (χ0) is 13.8. The first kappa shape index (κ1) is 13.6. The lowest BCUT2D eigenvalue weighted by Crippen LogP contribution is -2.07. The van der Waals surface area contributed by atoms with Gasteiger partial charge in [-0.25, -0.2) is 0 Å². The standard InChI is InChI=1S/C16H19NO2/c1-11(2)19-14-6-4-5-13(9-14)16(18)15-10-17-8-7-12(15)3/h4-11,16,18H,1-3H3. The molecule has 0 saturated carbocycles. The smallest absolute Gasteiger partial charge is 0.120 e. The summed E-state index contributed by atoms with van der Waals surface area (Å²) in [7, 11) is 0. The fraction of sp³-hybridized carbons (Fsp3) is 0.312. The van der Waals surface area contributed by atoms with Crippen LogP contribution in [0.4, 0.5) is 0 Å². The van der Waals surface area contributed by atoms with E-state index in [1.165, 1.54) is 0 Å². The van der Waals surface area contributed by atoms with Crippen LogP contribution in [-0.4, -0.2) is 16.2 Å². The van der Waals surface area contributed by atoms with Crippen molar-refractivity contribution in [3.05, 3.63) is 59.4 Å². The van der Waals surface area contributed by atoms with Crippen molar-refractivity contribution in [3.63, 3.8) is 0 Å². The maximum absolute atomic E-state index is 10.4. The summed E-state index contributed by atoms with van der Waals surface area (Å²) in [5.74, 6) is 0.771. The largest absolute Gasteiger partial charge is 0.491 e. The Hall–Kier alpha value is -1.87. The highest BCUT2D eigenvalue weighted by Gasteiger charge is 2.13. The molecule has 0 aliphatic rings. The first-order valence-corrected chi connectivity index (χ1v) is 6.43. The molecule has 1 heterocycles. The molecule has 0 aliphatic carbocycles. The highest BCUT2D eigenvalue weighted by Crippen LogP contribution is 2.26. The predicted octanol–water partition coefficient (Wildman–Crippen LogP) is 3.26. The van der Waals surface area contributed by atoms with Crippen LogP contribution in [0.25, 0.3) is 0 Å². The third-order valence-corrected chi connectivity index (χ3v) is 2.92. The van der Waals surface area contributed by atoms with Gasteiger partial charge in [-0.15, -0.1) is 0 Å². The van der Waals surface area contributed by atoms with E-state index in [-0.39, 0.29) is 6.10 Å². The number of pyridine rings is 1. The van der Waals surface area contributed by atoms with Gasteiger partial charge in [0.2, 0.25) is 0 Å². The molecular formula is C16H19NO2. The number of rotatable bonds is 4. The van der Waals surface area contributed by atoms with Gasteiger partial charge in [-0.05, 0) is 50.1 Å². The quantitative estimate of drug-likeness (QED) is 0.914. The van der Waals surface area contributed by atoms with E-state index in [1.807, 2.05) is 51.1 Å². The summed E-state index contributed by atoms with van der Waals surface area (Å²) in [6.45, 7) is 5.93. The first-order chi connectivity index (χ1) is 9.08. The molecule has 2 aromatic rings. The second-order valence-electron chi connectivity index (χ2n) is 4.87. The SMILES string of the molecule is Cc1ccncc1C(O)c1cccc(OC(C)C)c1. The lowest BCUT2D eigenvalue weighted by molar-refractivity contribution is 0.215. The fourth-order valence-corrected chi connectivity index (χ4v) is 1.97. The summed E-state index contributed by atoms with van der Waals surface area (Å²) in [5.41, 5.74) is 2.66. The number of hydrogen-bond donors (Lipinski definition) is 1. The Morgan fingerprint density at radius 1 is 1.21 bits per heavy atom. The second kappa shape index (κ2) is 5.85. The topological polar surface area (TPSA) is 42.4 Å². The predicted molar refractivity (Wildman–Crippen MR) is 75.2 cm³/mol. The molecule has 2 rings (SSSR count). The Morgan fingerprint density at radius 2 is 2.00 bits per heavy atom. The summed E-state index contributed by atoms with van der Waals surface area (Å²) in [6, 6.07) is 9.45. The highest BCUT2D eigenvalue weighted by molar-refractivity contribution is 5.37. The molecule has 0 bridgehead atoms. The normalized spacial score (nSPS) is 12.5. The zero-order valence-corrected chi connectivity index (χ0v) is 11.5. The van der Waals surface area contributed by atoms with E-state index in [0.717, 1.165) is 22.4 Å². The lowest BCUT2D eigenvalue weighted by atomic mass is 9.99. The molecule has 1 N–H and O–H groups in total. The minimum Gasteiger partial charge on any atom is -0.491 e. The van der Waals surface area contributed by atoms with Crippen molar-refractivity contribution in [1.29, 1.82) is 0 Å². The fourth-order valence-electron chi connectivity index (χ4n) is 1.97. The average molecular weight is 257 g/mol. The van der Waals surface area contributed by atoms with Crippen LogP contribution in [0, 0.1) is 6.92 Å². The number of benzene rings is 1. The van der Waals surface area contributed by atoms with Crippen molar-refractivity contribution >= 4 is 0 Å². The van der Waals surface area contributed by atoms with Crippen molar-refractivity contribution in [2.45, 2.75) is 33.0 Å². The number of aliphatic hydroxyl groups excluding tert-OH is 1. The maximum atomic E-state index is 10.4. The van der Waals surface area contributed by atoms with Gasteiger partial charge in [-0.1, -0.05) is 12.1 Å². The Labute approximate surface area is 113 Å². The van der Waals surface area contributed by atoms with E-state index < -0.39 is 6.10 Å². The second-order valence-corrected chi connectivity index (χ2v) is 4.87. The van der Waals surface area contributed by atoms with Gasteiger partial charge in [0.15, 0.2) is 0 Å².